The molecular weight excluding hydrogens is 262 g/mol. The van der Waals surface area contributed by atoms with Gasteiger partial charge in [0.2, 0.25) is 0 Å². The van der Waals surface area contributed by atoms with Crippen molar-refractivity contribution in [3.05, 3.63) is 23.8 Å². The van der Waals surface area contributed by atoms with Crippen LogP contribution in [-0.4, -0.2) is 37.4 Å². The molecule has 0 aromatic heterocycles. The van der Waals surface area contributed by atoms with Gasteiger partial charge in [-0.05, 0) is 26.0 Å². The molecule has 106 valence electrons. The number of nitrogens with zero attached hydrogens (tertiary/aromatic N) is 1. The molecule has 0 fully saturated rings. The first kappa shape index (κ1) is 14.0. The third-order valence-electron chi connectivity index (χ3n) is 3.13. The number of benzene rings is 1. The van der Waals surface area contributed by atoms with Gasteiger partial charge in [0.15, 0.2) is 0 Å². The van der Waals surface area contributed by atoms with Crippen LogP contribution in [0.15, 0.2) is 18.2 Å². The molecule has 0 radical (unpaired) electrons. The molecule has 6 heteroatoms. The second kappa shape index (κ2) is 5.32. The van der Waals surface area contributed by atoms with Crippen LogP contribution in [0.3, 0.4) is 0 Å². The lowest BCUT2D eigenvalue weighted by atomic mass is 10.1. The van der Waals surface area contributed by atoms with Crippen LogP contribution >= 0.6 is 0 Å². The van der Waals surface area contributed by atoms with Gasteiger partial charge in [0.05, 0.1) is 25.0 Å². The van der Waals surface area contributed by atoms with E-state index in [-0.39, 0.29) is 12.2 Å². The topological polar surface area (TPSA) is 72.9 Å². The van der Waals surface area contributed by atoms with Crippen LogP contribution in [0, 0.1) is 0 Å². The van der Waals surface area contributed by atoms with Crippen molar-refractivity contribution in [2.24, 2.45) is 0 Å². The zero-order valence-corrected chi connectivity index (χ0v) is 11.5. The van der Waals surface area contributed by atoms with Crippen LogP contribution in [0.25, 0.3) is 0 Å². The Kier molecular flexibility index (Phi) is 3.74. The predicted molar refractivity (Wildman–Crippen MR) is 70.9 cm³/mol. The van der Waals surface area contributed by atoms with Crippen molar-refractivity contribution < 1.29 is 23.9 Å². The predicted octanol–water partition coefficient (Wildman–Crippen LogP) is 1.18. The number of hydrogen-bond acceptors (Lipinski definition) is 5. The number of hydrogen-bond donors (Lipinski definition) is 0. The highest BCUT2D eigenvalue weighted by Crippen LogP contribution is 2.38. The smallest absolute Gasteiger partial charge is 0.328 e. The van der Waals surface area contributed by atoms with Crippen LogP contribution in [0.5, 0.6) is 5.75 Å². The maximum Gasteiger partial charge on any atom is 0.328 e. The highest BCUT2D eigenvalue weighted by molar-refractivity contribution is 6.53. The zero-order chi connectivity index (χ0) is 14.9. The summed E-state index contributed by atoms with van der Waals surface area (Å²) in [4.78, 5) is 37.0. The molecule has 1 heterocycles. The van der Waals surface area contributed by atoms with Crippen LogP contribution in [0.1, 0.15) is 24.2 Å². The van der Waals surface area contributed by atoms with E-state index in [1.807, 2.05) is 0 Å². The van der Waals surface area contributed by atoms with Gasteiger partial charge in [-0.2, -0.15) is 0 Å². The third kappa shape index (κ3) is 2.03. The number of rotatable bonds is 4. The van der Waals surface area contributed by atoms with Crippen molar-refractivity contribution in [1.29, 1.82) is 0 Å². The minimum Gasteiger partial charge on any atom is -0.495 e. The summed E-state index contributed by atoms with van der Waals surface area (Å²) in [6.45, 7) is 3.40. The van der Waals surface area contributed by atoms with E-state index < -0.39 is 23.7 Å². The van der Waals surface area contributed by atoms with E-state index in [0.29, 0.717) is 11.4 Å². The van der Waals surface area contributed by atoms with Gasteiger partial charge in [-0.25, -0.2) is 4.79 Å². The Hall–Kier alpha value is -2.37. The Labute approximate surface area is 116 Å². The van der Waals surface area contributed by atoms with Crippen molar-refractivity contribution in [2.45, 2.75) is 19.9 Å². The van der Waals surface area contributed by atoms with E-state index in [0.717, 1.165) is 4.90 Å². The largest absolute Gasteiger partial charge is 0.495 e. The number of para-hydroxylation sites is 1. The molecule has 0 saturated carbocycles. The summed E-state index contributed by atoms with van der Waals surface area (Å²) in [6.07, 6.45) is 0. The SMILES string of the molecule is CCOC(=O)C(C)N1C(=O)C(=O)c2cccc(OC)c21. The minimum atomic E-state index is -0.885. The lowest BCUT2D eigenvalue weighted by Gasteiger charge is -2.24. The van der Waals surface area contributed by atoms with Crippen molar-refractivity contribution in [3.63, 3.8) is 0 Å². The standard InChI is InChI=1S/C14H15NO5/c1-4-20-14(18)8(2)15-11-9(12(16)13(15)17)6-5-7-10(11)19-3/h5-8H,4H2,1-3H3. The molecule has 1 aromatic rings. The molecule has 1 unspecified atom stereocenters. The Morgan fingerprint density at radius 3 is 2.65 bits per heavy atom. The molecular formula is C14H15NO5. The second-order valence-corrected chi connectivity index (χ2v) is 4.29. The fraction of sp³-hybridized carbons (Fsp3) is 0.357. The van der Waals surface area contributed by atoms with E-state index in [9.17, 15) is 14.4 Å². The first-order valence-corrected chi connectivity index (χ1v) is 6.24. The number of carbonyl (C=O) groups excluding carboxylic acids is 3. The maximum absolute atomic E-state index is 12.1. The lowest BCUT2D eigenvalue weighted by Crippen LogP contribution is -2.43. The molecule has 6 nitrogen and oxygen atoms in total. The molecule has 0 aliphatic carbocycles. The van der Waals surface area contributed by atoms with E-state index >= 15 is 0 Å². The molecule has 0 spiro atoms. The maximum atomic E-state index is 12.1. The number of Topliss-reactive ketones (excluding diaryl/α,β-unsaturated/α-hetero) is 1. The second-order valence-electron chi connectivity index (χ2n) is 4.29. The Morgan fingerprint density at radius 2 is 2.05 bits per heavy atom. The number of amides is 1. The average molecular weight is 277 g/mol. The molecule has 1 amide bonds. The van der Waals surface area contributed by atoms with Crippen molar-refractivity contribution in [3.8, 4) is 5.75 Å². The summed E-state index contributed by atoms with van der Waals surface area (Å²) in [5, 5.41) is 0. The monoisotopic (exact) mass is 277 g/mol. The third-order valence-corrected chi connectivity index (χ3v) is 3.13. The molecule has 1 aliphatic heterocycles. The number of fused-ring (bicyclic) bond motifs is 1. The van der Waals surface area contributed by atoms with Gasteiger partial charge >= 0.3 is 5.97 Å². The van der Waals surface area contributed by atoms with Crippen LogP contribution in [0.2, 0.25) is 0 Å². The Balaban J connectivity index is 2.49. The van der Waals surface area contributed by atoms with Crippen molar-refractivity contribution >= 4 is 23.3 Å². The molecule has 1 atom stereocenters. The first-order valence-electron chi connectivity index (χ1n) is 6.24. The number of carbonyl (C=O) groups is 3. The van der Waals surface area contributed by atoms with E-state index in [4.69, 9.17) is 9.47 Å². The van der Waals surface area contributed by atoms with Crippen molar-refractivity contribution in [1.82, 2.24) is 0 Å². The van der Waals surface area contributed by atoms with Crippen molar-refractivity contribution in [2.75, 3.05) is 18.6 Å². The fourth-order valence-electron chi connectivity index (χ4n) is 2.18. The molecule has 0 bridgehead atoms. The average Bonchev–Trinajstić information content (AvgIpc) is 2.71. The molecule has 0 N–H and O–H groups in total. The number of ketones is 1. The Morgan fingerprint density at radius 1 is 1.35 bits per heavy atom. The minimum absolute atomic E-state index is 0.206. The molecule has 1 aromatic carbocycles. The van der Waals surface area contributed by atoms with Gasteiger partial charge in [-0.3, -0.25) is 14.5 Å². The molecule has 0 saturated heterocycles. The highest BCUT2D eigenvalue weighted by Gasteiger charge is 2.43. The van der Waals surface area contributed by atoms with Gasteiger partial charge in [-0.15, -0.1) is 0 Å². The number of esters is 1. The summed E-state index contributed by atoms with van der Waals surface area (Å²) in [7, 11) is 1.44. The summed E-state index contributed by atoms with van der Waals surface area (Å²) < 4.78 is 10.1. The quantitative estimate of drug-likeness (QED) is 0.610. The van der Waals surface area contributed by atoms with Crippen LogP contribution in [0.4, 0.5) is 5.69 Å². The Bertz CT molecular complexity index is 581. The lowest BCUT2D eigenvalue weighted by molar-refractivity contribution is -0.145. The first-order chi connectivity index (χ1) is 9.52. The van der Waals surface area contributed by atoms with Crippen LogP contribution in [-0.2, 0) is 14.3 Å². The summed E-state index contributed by atoms with van der Waals surface area (Å²) in [5.74, 6) is -1.58. The molecule has 20 heavy (non-hydrogen) atoms. The van der Waals surface area contributed by atoms with Gasteiger partial charge in [0.1, 0.15) is 11.8 Å². The van der Waals surface area contributed by atoms with Gasteiger partial charge in [0.25, 0.3) is 11.7 Å². The zero-order valence-electron chi connectivity index (χ0n) is 11.5. The summed E-state index contributed by atoms with van der Waals surface area (Å²) >= 11 is 0. The highest BCUT2D eigenvalue weighted by atomic mass is 16.5. The number of methoxy groups -OCH3 is 1. The molecule has 1 aliphatic rings. The van der Waals surface area contributed by atoms with E-state index in [2.05, 4.69) is 0 Å². The van der Waals surface area contributed by atoms with Crippen LogP contribution < -0.4 is 9.64 Å². The van der Waals surface area contributed by atoms with E-state index in [1.54, 1.807) is 19.1 Å². The number of anilines is 1. The summed E-state index contributed by atoms with van der Waals surface area (Å²) in [5.41, 5.74) is 0.566. The van der Waals surface area contributed by atoms with Gasteiger partial charge in [0, 0.05) is 0 Å². The molecule has 2 rings (SSSR count). The van der Waals surface area contributed by atoms with E-state index in [1.165, 1.54) is 20.1 Å². The number of ether oxygens (including phenoxy) is 2. The van der Waals surface area contributed by atoms with Gasteiger partial charge in [-0.1, -0.05) is 6.07 Å². The van der Waals surface area contributed by atoms with Gasteiger partial charge < -0.3 is 9.47 Å². The summed E-state index contributed by atoms with van der Waals surface area (Å²) in [6, 6.07) is 3.91. The normalized spacial score (nSPS) is 15.1. The fourth-order valence-corrected chi connectivity index (χ4v) is 2.18.